The lowest BCUT2D eigenvalue weighted by Gasteiger charge is -2.46. The highest BCUT2D eigenvalue weighted by Crippen LogP contribution is 2.42. The van der Waals surface area contributed by atoms with Crippen LogP contribution >= 0.6 is 0 Å². The molecule has 0 heterocycles. The van der Waals surface area contributed by atoms with Gasteiger partial charge in [0, 0.05) is 5.54 Å². The van der Waals surface area contributed by atoms with E-state index in [1.807, 2.05) is 0 Å². The molecule has 0 amide bonds. The first-order valence-corrected chi connectivity index (χ1v) is 5.26. The summed E-state index contributed by atoms with van der Waals surface area (Å²) in [5, 5.41) is 0. The summed E-state index contributed by atoms with van der Waals surface area (Å²) >= 11 is 0. The van der Waals surface area contributed by atoms with Crippen molar-refractivity contribution in [2.75, 3.05) is 0 Å². The molecule has 1 heteroatoms. The number of rotatable bonds is 0. The zero-order valence-corrected chi connectivity index (χ0v) is 9.81. The highest BCUT2D eigenvalue weighted by molar-refractivity contribution is 5.25. The molecule has 0 fully saturated rings. The first-order chi connectivity index (χ1) is 5.80. The van der Waals surface area contributed by atoms with Crippen LogP contribution in [0.2, 0.25) is 0 Å². The van der Waals surface area contributed by atoms with Gasteiger partial charge in [-0.25, -0.2) is 0 Å². The largest absolute Gasteiger partial charge is 0.325 e. The summed E-state index contributed by atoms with van der Waals surface area (Å²) in [6.45, 7) is 13.5. The molecule has 1 nitrogen and oxygen atoms in total. The van der Waals surface area contributed by atoms with E-state index in [4.69, 9.17) is 5.73 Å². The van der Waals surface area contributed by atoms with Crippen molar-refractivity contribution in [3.05, 3.63) is 11.1 Å². The second kappa shape index (κ2) is 3.13. The third-order valence-electron chi connectivity index (χ3n) is 4.62. The molecule has 1 rings (SSSR count). The molecule has 0 saturated carbocycles. The van der Waals surface area contributed by atoms with Gasteiger partial charge in [0.25, 0.3) is 0 Å². The average Bonchev–Trinajstić information content (AvgIpc) is 2.09. The van der Waals surface area contributed by atoms with Crippen LogP contribution in [0.25, 0.3) is 0 Å². The molecule has 4 atom stereocenters. The summed E-state index contributed by atoms with van der Waals surface area (Å²) in [4.78, 5) is 0. The van der Waals surface area contributed by atoms with Gasteiger partial charge in [0.2, 0.25) is 0 Å². The van der Waals surface area contributed by atoms with Crippen LogP contribution in [0.1, 0.15) is 41.5 Å². The lowest BCUT2D eigenvalue weighted by molar-refractivity contribution is 0.179. The molecule has 1 aliphatic rings. The monoisotopic (exact) mass is 181 g/mol. The number of nitrogens with two attached hydrogens (primary N) is 1. The Balaban J connectivity index is 3.15. The van der Waals surface area contributed by atoms with Gasteiger partial charge in [0.05, 0.1) is 0 Å². The summed E-state index contributed by atoms with van der Waals surface area (Å²) in [5.41, 5.74) is 9.38. The Hall–Kier alpha value is -0.300. The Morgan fingerprint density at radius 2 is 1.54 bits per heavy atom. The zero-order chi connectivity index (χ0) is 10.4. The Labute approximate surface area is 82.4 Å². The minimum absolute atomic E-state index is 0.0387. The van der Waals surface area contributed by atoms with Gasteiger partial charge in [0.1, 0.15) is 0 Å². The highest BCUT2D eigenvalue weighted by atomic mass is 14.8. The molecule has 4 unspecified atom stereocenters. The third-order valence-corrected chi connectivity index (χ3v) is 4.62. The van der Waals surface area contributed by atoms with Gasteiger partial charge in [-0.3, -0.25) is 0 Å². The van der Waals surface area contributed by atoms with Crippen LogP contribution in [-0.4, -0.2) is 5.54 Å². The van der Waals surface area contributed by atoms with Crippen LogP contribution < -0.4 is 5.73 Å². The molecule has 2 N–H and O–H groups in total. The van der Waals surface area contributed by atoms with Gasteiger partial charge < -0.3 is 5.73 Å². The maximum Gasteiger partial charge on any atom is 0.0220 e. The SMILES string of the molecule is CC1=C(C)C(C)C(C)(N)C(C)C1C. The number of hydrogen-bond acceptors (Lipinski definition) is 1. The van der Waals surface area contributed by atoms with Crippen molar-refractivity contribution < 1.29 is 0 Å². The topological polar surface area (TPSA) is 26.0 Å². The second-order valence-electron chi connectivity index (χ2n) is 5.03. The first kappa shape index (κ1) is 10.8. The van der Waals surface area contributed by atoms with Gasteiger partial charge in [-0.15, -0.1) is 0 Å². The van der Waals surface area contributed by atoms with Crippen LogP contribution in [0.3, 0.4) is 0 Å². The summed E-state index contributed by atoms with van der Waals surface area (Å²) in [5.74, 6) is 1.72. The van der Waals surface area contributed by atoms with E-state index in [9.17, 15) is 0 Å². The molecule has 13 heavy (non-hydrogen) atoms. The Morgan fingerprint density at radius 1 is 1.08 bits per heavy atom. The van der Waals surface area contributed by atoms with Crippen molar-refractivity contribution in [1.29, 1.82) is 0 Å². The van der Waals surface area contributed by atoms with Gasteiger partial charge >= 0.3 is 0 Å². The predicted octanol–water partition coefficient (Wildman–Crippen LogP) is 2.96. The van der Waals surface area contributed by atoms with Crippen molar-refractivity contribution in [1.82, 2.24) is 0 Å². The molecule has 1 aliphatic carbocycles. The third kappa shape index (κ3) is 1.43. The molecule has 76 valence electrons. The van der Waals surface area contributed by atoms with Crippen molar-refractivity contribution in [3.63, 3.8) is 0 Å². The lowest BCUT2D eigenvalue weighted by Crippen LogP contribution is -2.54. The smallest absolute Gasteiger partial charge is 0.0220 e. The summed E-state index contributed by atoms with van der Waals surface area (Å²) in [6.07, 6.45) is 0. The molecule has 0 radical (unpaired) electrons. The second-order valence-corrected chi connectivity index (χ2v) is 5.03. The van der Waals surface area contributed by atoms with Gasteiger partial charge in [-0.05, 0) is 38.5 Å². The summed E-state index contributed by atoms with van der Waals surface area (Å²) in [6, 6.07) is 0. The Kier molecular flexibility index (Phi) is 2.59. The van der Waals surface area contributed by atoms with Gasteiger partial charge in [-0.2, -0.15) is 0 Å². The van der Waals surface area contributed by atoms with Crippen LogP contribution in [0.15, 0.2) is 11.1 Å². The maximum absolute atomic E-state index is 6.37. The number of hydrogen-bond donors (Lipinski definition) is 1. The van der Waals surface area contributed by atoms with E-state index in [2.05, 4.69) is 41.5 Å². The molecular formula is C12H23N. The molecule has 0 saturated heterocycles. The first-order valence-electron chi connectivity index (χ1n) is 5.26. The van der Waals surface area contributed by atoms with E-state index in [0.717, 1.165) is 0 Å². The maximum atomic E-state index is 6.37. The Morgan fingerprint density at radius 3 is 2.00 bits per heavy atom. The minimum Gasteiger partial charge on any atom is -0.325 e. The van der Waals surface area contributed by atoms with Crippen molar-refractivity contribution in [2.24, 2.45) is 23.5 Å². The van der Waals surface area contributed by atoms with E-state index in [0.29, 0.717) is 17.8 Å². The normalized spacial score (nSPS) is 46.8. The van der Waals surface area contributed by atoms with Crippen molar-refractivity contribution >= 4 is 0 Å². The molecule has 0 aromatic carbocycles. The van der Waals surface area contributed by atoms with Gasteiger partial charge in [-0.1, -0.05) is 31.9 Å². The van der Waals surface area contributed by atoms with Crippen LogP contribution in [0.4, 0.5) is 0 Å². The molecular weight excluding hydrogens is 158 g/mol. The highest BCUT2D eigenvalue weighted by Gasteiger charge is 2.41. The van der Waals surface area contributed by atoms with E-state index >= 15 is 0 Å². The van der Waals surface area contributed by atoms with Crippen molar-refractivity contribution in [2.45, 2.75) is 47.1 Å². The molecule has 0 aromatic heterocycles. The quantitative estimate of drug-likeness (QED) is 0.571. The average molecular weight is 181 g/mol. The fourth-order valence-electron chi connectivity index (χ4n) is 2.48. The molecule has 0 aliphatic heterocycles. The van der Waals surface area contributed by atoms with Crippen LogP contribution in [0.5, 0.6) is 0 Å². The van der Waals surface area contributed by atoms with Crippen molar-refractivity contribution in [3.8, 4) is 0 Å². The summed E-state index contributed by atoms with van der Waals surface area (Å²) in [7, 11) is 0. The zero-order valence-electron chi connectivity index (χ0n) is 9.81. The molecule has 0 spiro atoms. The fraction of sp³-hybridized carbons (Fsp3) is 0.833. The van der Waals surface area contributed by atoms with Crippen LogP contribution in [0, 0.1) is 17.8 Å². The predicted molar refractivity (Wildman–Crippen MR) is 58.5 cm³/mol. The summed E-state index contributed by atoms with van der Waals surface area (Å²) < 4.78 is 0. The molecule has 0 bridgehead atoms. The fourth-order valence-corrected chi connectivity index (χ4v) is 2.48. The van der Waals surface area contributed by atoms with E-state index in [-0.39, 0.29) is 5.54 Å². The van der Waals surface area contributed by atoms with E-state index < -0.39 is 0 Å². The van der Waals surface area contributed by atoms with E-state index in [1.54, 1.807) is 5.57 Å². The van der Waals surface area contributed by atoms with E-state index in [1.165, 1.54) is 5.57 Å². The molecule has 0 aromatic rings. The van der Waals surface area contributed by atoms with Crippen LogP contribution in [-0.2, 0) is 0 Å². The lowest BCUT2D eigenvalue weighted by atomic mass is 9.62. The minimum atomic E-state index is -0.0387. The van der Waals surface area contributed by atoms with Gasteiger partial charge in [0.15, 0.2) is 0 Å². The number of allylic oxidation sites excluding steroid dienone is 1. The Bertz CT molecular complexity index is 238. The standard InChI is InChI=1S/C12H23N/c1-7-8(2)10(4)12(6,13)11(5)9(7)3/h8,10-11H,13H2,1-6H3.